The maximum atomic E-state index is 14.3. The number of halogens is 2. The Balaban J connectivity index is 1.22. The Morgan fingerprint density at radius 2 is 1.58 bits per heavy atom. The normalized spacial score (nSPS) is 22.1. The molecule has 1 unspecified atom stereocenters. The van der Waals surface area contributed by atoms with E-state index >= 15 is 0 Å². The van der Waals surface area contributed by atoms with Gasteiger partial charge >= 0.3 is 0 Å². The summed E-state index contributed by atoms with van der Waals surface area (Å²) in [5.74, 6) is 0.134. The molecule has 1 heterocycles. The minimum Gasteiger partial charge on any atom is -0.349 e. The predicted octanol–water partition coefficient (Wildman–Crippen LogP) is 7.41. The first kappa shape index (κ1) is 29.7. The summed E-state index contributed by atoms with van der Waals surface area (Å²) in [6, 6.07) is 30.2. The van der Waals surface area contributed by atoms with Crippen LogP contribution in [-0.2, 0) is 20.5 Å². The summed E-state index contributed by atoms with van der Waals surface area (Å²) < 4.78 is 0. The van der Waals surface area contributed by atoms with Gasteiger partial charge in [0.25, 0.3) is 0 Å². The Labute approximate surface area is 263 Å². The standard InChI is InChI=1S/C36H37Cl2N3O2/c1-24(30-14-8-10-26-9-6-7-13-31(26)30)39-34(43)36(28-15-16-32(37)33(38)21-28)22-29(36)23-41-19-17-35(18-20-41,40-25(2)42)27-11-4-3-5-12-27/h3-16,21,24,29H,17-20,22-23H2,1-2H3,(H,39,43)(H,40,42)/t24?,29-,36+/m0/s1. The van der Waals surface area contributed by atoms with Crippen molar-refractivity contribution in [1.82, 2.24) is 15.5 Å². The van der Waals surface area contributed by atoms with Gasteiger partial charge in [0, 0.05) is 26.6 Å². The van der Waals surface area contributed by atoms with Crippen molar-refractivity contribution < 1.29 is 9.59 Å². The van der Waals surface area contributed by atoms with Gasteiger partial charge in [0.05, 0.1) is 27.0 Å². The molecule has 0 aromatic heterocycles. The molecule has 5 nitrogen and oxygen atoms in total. The van der Waals surface area contributed by atoms with Crippen molar-refractivity contribution in [2.24, 2.45) is 5.92 Å². The van der Waals surface area contributed by atoms with Crippen LogP contribution in [0.25, 0.3) is 10.8 Å². The predicted molar refractivity (Wildman–Crippen MR) is 174 cm³/mol. The zero-order valence-corrected chi connectivity index (χ0v) is 26.1. The van der Waals surface area contributed by atoms with Crippen LogP contribution < -0.4 is 10.6 Å². The Hall–Kier alpha value is -3.38. The number of amides is 2. The zero-order chi connectivity index (χ0) is 30.2. The third-order valence-electron chi connectivity index (χ3n) is 9.51. The van der Waals surface area contributed by atoms with Crippen molar-refractivity contribution in [3.05, 3.63) is 118 Å². The van der Waals surface area contributed by atoms with Crippen LogP contribution in [0.5, 0.6) is 0 Å². The highest BCUT2D eigenvalue weighted by atomic mass is 35.5. The molecular weight excluding hydrogens is 577 g/mol. The molecule has 2 N–H and O–H groups in total. The van der Waals surface area contributed by atoms with Crippen molar-refractivity contribution in [1.29, 1.82) is 0 Å². The number of hydrogen-bond donors (Lipinski definition) is 2. The molecule has 0 radical (unpaired) electrons. The number of carbonyl (C=O) groups excluding carboxylic acids is 2. The minimum absolute atomic E-state index is 0.0184. The number of likely N-dealkylation sites (tertiary alicyclic amines) is 1. The molecule has 6 rings (SSSR count). The van der Waals surface area contributed by atoms with Gasteiger partial charge in [-0.1, -0.05) is 102 Å². The fourth-order valence-electron chi connectivity index (χ4n) is 7.13. The van der Waals surface area contributed by atoms with Crippen molar-refractivity contribution in [3.63, 3.8) is 0 Å². The molecule has 4 aromatic rings. The van der Waals surface area contributed by atoms with E-state index in [1.54, 1.807) is 13.0 Å². The number of benzene rings is 4. The quantitative estimate of drug-likeness (QED) is 0.217. The Kier molecular flexibility index (Phi) is 8.25. The third-order valence-corrected chi connectivity index (χ3v) is 10.3. The number of hydrogen-bond acceptors (Lipinski definition) is 3. The Bertz CT molecular complexity index is 1650. The molecule has 1 aliphatic carbocycles. The molecule has 1 saturated heterocycles. The van der Waals surface area contributed by atoms with Crippen molar-refractivity contribution in [2.45, 2.75) is 50.1 Å². The topological polar surface area (TPSA) is 61.4 Å². The molecule has 222 valence electrons. The SMILES string of the molecule is CC(=O)NC1(c2ccccc2)CCN(C[C@@H]2C[C@@]2(C(=O)NC(C)c2cccc3ccccc23)c2ccc(Cl)c(Cl)c2)CC1. The molecular formula is C36H37Cl2N3O2. The number of rotatable bonds is 8. The van der Waals surface area contributed by atoms with E-state index in [2.05, 4.69) is 58.9 Å². The molecule has 43 heavy (non-hydrogen) atoms. The van der Waals surface area contributed by atoms with Crippen LogP contribution in [-0.4, -0.2) is 36.3 Å². The van der Waals surface area contributed by atoms with E-state index in [-0.39, 0.29) is 29.3 Å². The smallest absolute Gasteiger partial charge is 0.231 e. The van der Waals surface area contributed by atoms with Crippen molar-refractivity contribution in [3.8, 4) is 0 Å². The molecule has 2 amide bonds. The van der Waals surface area contributed by atoms with Gasteiger partial charge in [0.15, 0.2) is 0 Å². The van der Waals surface area contributed by atoms with E-state index in [1.807, 2.05) is 48.5 Å². The lowest BCUT2D eigenvalue weighted by Gasteiger charge is -2.43. The molecule has 2 aliphatic rings. The molecule has 0 bridgehead atoms. The number of nitrogens with one attached hydrogen (secondary N) is 2. The average molecular weight is 615 g/mol. The summed E-state index contributed by atoms with van der Waals surface area (Å²) in [4.78, 5) is 28.9. The molecule has 1 aliphatic heterocycles. The van der Waals surface area contributed by atoms with E-state index in [9.17, 15) is 9.59 Å². The molecule has 3 atom stereocenters. The summed E-state index contributed by atoms with van der Waals surface area (Å²) in [7, 11) is 0. The van der Waals surface area contributed by atoms with E-state index in [1.165, 1.54) is 0 Å². The van der Waals surface area contributed by atoms with Crippen molar-refractivity contribution >= 4 is 45.8 Å². The number of nitrogens with zero attached hydrogens (tertiary/aromatic N) is 1. The average Bonchev–Trinajstić information content (AvgIpc) is 3.74. The number of fused-ring (bicyclic) bond motifs is 1. The maximum Gasteiger partial charge on any atom is 0.231 e. The second kappa shape index (κ2) is 12.0. The summed E-state index contributed by atoms with van der Waals surface area (Å²) in [5, 5.41) is 9.87. The molecule has 0 spiro atoms. The molecule has 7 heteroatoms. The molecule has 1 saturated carbocycles. The van der Waals surface area contributed by atoms with Crippen LogP contribution in [0.4, 0.5) is 0 Å². The van der Waals surface area contributed by atoms with E-state index < -0.39 is 5.41 Å². The Morgan fingerprint density at radius 3 is 2.30 bits per heavy atom. The van der Waals surface area contributed by atoms with Crippen LogP contribution in [0.15, 0.2) is 91.0 Å². The van der Waals surface area contributed by atoms with Crippen molar-refractivity contribution in [2.75, 3.05) is 19.6 Å². The second-order valence-electron chi connectivity index (χ2n) is 12.2. The lowest BCUT2D eigenvalue weighted by Crippen LogP contribution is -2.53. The first-order chi connectivity index (χ1) is 20.7. The van der Waals surface area contributed by atoms with Crippen LogP contribution in [0.3, 0.4) is 0 Å². The number of piperidine rings is 1. The lowest BCUT2D eigenvalue weighted by molar-refractivity contribution is -0.125. The summed E-state index contributed by atoms with van der Waals surface area (Å²) in [6.45, 7) is 6.09. The van der Waals surface area contributed by atoms with Gasteiger partial charge in [-0.2, -0.15) is 0 Å². The Morgan fingerprint density at radius 1 is 0.884 bits per heavy atom. The van der Waals surface area contributed by atoms with Gasteiger partial charge in [-0.3, -0.25) is 9.59 Å². The summed E-state index contributed by atoms with van der Waals surface area (Å²) in [5.41, 5.74) is 2.09. The fraction of sp³-hybridized carbons (Fsp3) is 0.333. The summed E-state index contributed by atoms with van der Waals surface area (Å²) >= 11 is 12.8. The van der Waals surface area contributed by atoms with E-state index in [4.69, 9.17) is 23.2 Å². The highest BCUT2D eigenvalue weighted by Crippen LogP contribution is 2.56. The first-order valence-corrected chi connectivity index (χ1v) is 15.8. The van der Waals surface area contributed by atoms with Crippen LogP contribution in [0.1, 0.15) is 55.8 Å². The monoisotopic (exact) mass is 613 g/mol. The first-order valence-electron chi connectivity index (χ1n) is 15.0. The van der Waals surface area contributed by atoms with E-state index in [0.717, 1.165) is 66.4 Å². The van der Waals surface area contributed by atoms with Gasteiger partial charge in [-0.05, 0) is 71.7 Å². The van der Waals surface area contributed by atoms with Gasteiger partial charge in [-0.25, -0.2) is 0 Å². The third kappa shape index (κ3) is 5.78. The lowest BCUT2D eigenvalue weighted by atomic mass is 9.80. The van der Waals surface area contributed by atoms with Gasteiger partial charge in [0.1, 0.15) is 0 Å². The number of carbonyl (C=O) groups is 2. The molecule has 2 fully saturated rings. The minimum atomic E-state index is -0.682. The van der Waals surface area contributed by atoms with Gasteiger partial charge in [-0.15, -0.1) is 0 Å². The second-order valence-corrected chi connectivity index (χ2v) is 13.0. The fourth-order valence-corrected chi connectivity index (χ4v) is 7.42. The highest BCUT2D eigenvalue weighted by Gasteiger charge is 2.61. The largest absolute Gasteiger partial charge is 0.349 e. The van der Waals surface area contributed by atoms with Crippen LogP contribution in [0, 0.1) is 5.92 Å². The zero-order valence-electron chi connectivity index (χ0n) is 24.6. The van der Waals surface area contributed by atoms with Crippen LogP contribution >= 0.6 is 23.2 Å². The molecule has 4 aromatic carbocycles. The van der Waals surface area contributed by atoms with Gasteiger partial charge < -0.3 is 15.5 Å². The summed E-state index contributed by atoms with van der Waals surface area (Å²) in [6.07, 6.45) is 2.37. The maximum absolute atomic E-state index is 14.3. The van der Waals surface area contributed by atoms with Crippen LogP contribution in [0.2, 0.25) is 10.0 Å². The highest BCUT2D eigenvalue weighted by molar-refractivity contribution is 6.42. The van der Waals surface area contributed by atoms with Gasteiger partial charge in [0.2, 0.25) is 11.8 Å². The van der Waals surface area contributed by atoms with E-state index in [0.29, 0.717) is 10.0 Å².